The van der Waals surface area contributed by atoms with Gasteiger partial charge in [0, 0.05) is 24.0 Å². The maximum Gasteiger partial charge on any atom is 0.416 e. The van der Waals surface area contributed by atoms with Gasteiger partial charge in [0.05, 0.1) is 22.5 Å². The predicted octanol–water partition coefficient (Wildman–Crippen LogP) is 6.48. The first-order chi connectivity index (χ1) is 20.7. The second kappa shape index (κ2) is 14.2. The van der Waals surface area contributed by atoms with Gasteiger partial charge in [-0.2, -0.15) is 13.2 Å². The molecule has 0 saturated heterocycles. The Kier molecular flexibility index (Phi) is 10.9. The second-order valence-electron chi connectivity index (χ2n) is 10.7. The Balaban J connectivity index is 1.78. The van der Waals surface area contributed by atoms with Crippen molar-refractivity contribution in [1.29, 1.82) is 0 Å². The topological polar surface area (TPSA) is 86.8 Å². The quantitative estimate of drug-likeness (QED) is 0.253. The van der Waals surface area contributed by atoms with Gasteiger partial charge in [-0.3, -0.25) is 13.9 Å². The summed E-state index contributed by atoms with van der Waals surface area (Å²) in [6, 6.07) is 16.8. The highest BCUT2D eigenvalue weighted by atomic mass is 35.5. The summed E-state index contributed by atoms with van der Waals surface area (Å²) >= 11 is 12.6. The van der Waals surface area contributed by atoms with Crippen molar-refractivity contribution < 1.29 is 31.2 Å². The summed E-state index contributed by atoms with van der Waals surface area (Å²) in [4.78, 5) is 29.3. The van der Waals surface area contributed by atoms with Crippen LogP contribution in [0, 0.1) is 0 Å². The Labute approximate surface area is 265 Å². The smallest absolute Gasteiger partial charge is 0.352 e. The number of amides is 2. The number of hydrogen-bond acceptors (Lipinski definition) is 4. The zero-order valence-corrected chi connectivity index (χ0v) is 26.2. The van der Waals surface area contributed by atoms with E-state index in [0.717, 1.165) is 49.6 Å². The number of hydrogen-bond donors (Lipinski definition) is 1. The molecular formula is C31H32Cl2F3N3O4S. The molecule has 1 aliphatic rings. The van der Waals surface area contributed by atoms with Gasteiger partial charge in [0.15, 0.2) is 0 Å². The zero-order chi connectivity index (χ0) is 32.1. The highest BCUT2D eigenvalue weighted by Gasteiger charge is 2.36. The van der Waals surface area contributed by atoms with Crippen molar-refractivity contribution in [2.24, 2.45) is 0 Å². The molecule has 1 fully saturated rings. The molecule has 1 N–H and O–H groups in total. The minimum atomic E-state index is -4.79. The Morgan fingerprint density at radius 1 is 0.955 bits per heavy atom. The minimum Gasteiger partial charge on any atom is -0.352 e. The van der Waals surface area contributed by atoms with Crippen molar-refractivity contribution in [3.8, 4) is 0 Å². The van der Waals surface area contributed by atoms with Crippen LogP contribution in [0.1, 0.15) is 42.4 Å². The number of nitrogens with zero attached hydrogens (tertiary/aromatic N) is 2. The normalized spacial score (nSPS) is 14.7. The van der Waals surface area contributed by atoms with Crippen molar-refractivity contribution in [1.82, 2.24) is 10.2 Å². The van der Waals surface area contributed by atoms with E-state index >= 15 is 0 Å². The van der Waals surface area contributed by atoms with Crippen LogP contribution in [0.2, 0.25) is 10.0 Å². The zero-order valence-electron chi connectivity index (χ0n) is 23.9. The number of halogens is 5. The van der Waals surface area contributed by atoms with Gasteiger partial charge in [-0.1, -0.05) is 84.6 Å². The Bertz CT molecular complexity index is 1580. The lowest BCUT2D eigenvalue weighted by atomic mass is 10.0. The average molecular weight is 671 g/mol. The molecule has 7 nitrogen and oxygen atoms in total. The van der Waals surface area contributed by atoms with E-state index in [-0.39, 0.29) is 24.0 Å². The number of carbonyl (C=O) groups is 2. The van der Waals surface area contributed by atoms with Crippen LogP contribution in [0.15, 0.2) is 72.8 Å². The van der Waals surface area contributed by atoms with Crippen LogP contribution >= 0.6 is 23.2 Å². The molecule has 4 rings (SSSR count). The molecule has 3 aromatic rings. The molecule has 0 heterocycles. The molecule has 1 atom stereocenters. The van der Waals surface area contributed by atoms with Crippen molar-refractivity contribution in [2.75, 3.05) is 17.1 Å². The first-order valence-corrected chi connectivity index (χ1v) is 16.6. The Hall–Kier alpha value is -3.28. The summed E-state index contributed by atoms with van der Waals surface area (Å²) in [5.41, 5.74) is -0.400. The largest absolute Gasteiger partial charge is 0.416 e. The van der Waals surface area contributed by atoms with Crippen molar-refractivity contribution in [2.45, 2.75) is 56.9 Å². The van der Waals surface area contributed by atoms with E-state index < -0.39 is 51.9 Å². The Morgan fingerprint density at radius 3 is 2.20 bits per heavy atom. The van der Waals surface area contributed by atoms with Crippen molar-refractivity contribution >= 4 is 50.7 Å². The Morgan fingerprint density at radius 2 is 1.59 bits per heavy atom. The van der Waals surface area contributed by atoms with Crippen LogP contribution in [-0.4, -0.2) is 50.0 Å². The van der Waals surface area contributed by atoms with Crippen LogP contribution in [0.5, 0.6) is 0 Å². The fraction of sp³-hybridized carbons (Fsp3) is 0.355. The SMILES string of the molecule is CS(=O)(=O)N(CC(=O)N(Cc1ccccc1Cl)[C@@H](Cc1ccccc1)C(=O)NC1CCCC1)c1cc(C(F)(F)F)ccc1Cl. The summed E-state index contributed by atoms with van der Waals surface area (Å²) in [7, 11) is -4.33. The molecule has 2 amide bonds. The summed E-state index contributed by atoms with van der Waals surface area (Å²) in [6.45, 7) is -1.08. The first-order valence-electron chi connectivity index (χ1n) is 14.0. The molecule has 13 heteroatoms. The van der Waals surface area contributed by atoms with Crippen LogP contribution in [0.4, 0.5) is 18.9 Å². The van der Waals surface area contributed by atoms with Crippen molar-refractivity contribution in [3.05, 3.63) is 99.5 Å². The van der Waals surface area contributed by atoms with Gasteiger partial charge in [-0.15, -0.1) is 0 Å². The molecule has 236 valence electrons. The molecule has 1 aliphatic carbocycles. The maximum atomic E-state index is 14.2. The number of carbonyl (C=O) groups excluding carboxylic acids is 2. The number of anilines is 1. The van der Waals surface area contributed by atoms with E-state index in [1.807, 2.05) is 6.07 Å². The van der Waals surface area contributed by atoms with Gasteiger partial charge in [-0.25, -0.2) is 8.42 Å². The molecule has 0 radical (unpaired) electrons. The highest BCUT2D eigenvalue weighted by molar-refractivity contribution is 7.92. The van der Waals surface area contributed by atoms with Crippen LogP contribution in [-0.2, 0) is 38.8 Å². The molecule has 0 bridgehead atoms. The number of rotatable bonds is 11. The fourth-order valence-corrected chi connectivity index (χ4v) is 6.52. The standard InChI is InChI=1S/C31H32Cl2F3N3O4S/c1-44(42,43)39(27-18-23(31(34,35)36)15-16-26(27)33)20-29(40)38(19-22-11-5-8-14-25(22)32)28(17-21-9-3-2-4-10-21)30(41)37-24-12-6-7-13-24/h2-5,8-11,14-16,18,24,28H,6-7,12-13,17,19-20H2,1H3,(H,37,41)/t28-/m0/s1. The van der Waals surface area contributed by atoms with E-state index in [4.69, 9.17) is 23.2 Å². The van der Waals surface area contributed by atoms with Crippen LogP contribution in [0.3, 0.4) is 0 Å². The van der Waals surface area contributed by atoms with E-state index in [1.54, 1.807) is 48.5 Å². The molecule has 0 unspecified atom stereocenters. The number of sulfonamides is 1. The number of alkyl halides is 3. The van der Waals surface area contributed by atoms with E-state index in [1.165, 1.54) is 4.90 Å². The molecule has 44 heavy (non-hydrogen) atoms. The molecule has 0 spiro atoms. The lowest BCUT2D eigenvalue weighted by molar-refractivity contribution is -0.140. The minimum absolute atomic E-state index is 0.0746. The second-order valence-corrected chi connectivity index (χ2v) is 13.5. The molecular weight excluding hydrogens is 638 g/mol. The average Bonchev–Trinajstić information content (AvgIpc) is 3.47. The summed E-state index contributed by atoms with van der Waals surface area (Å²) in [6.07, 6.45) is -0.435. The third kappa shape index (κ3) is 8.67. The molecule has 0 aliphatic heterocycles. The molecule has 0 aromatic heterocycles. The summed E-state index contributed by atoms with van der Waals surface area (Å²) in [5.74, 6) is -1.25. The third-order valence-corrected chi connectivity index (χ3v) is 9.31. The maximum absolute atomic E-state index is 14.2. The summed E-state index contributed by atoms with van der Waals surface area (Å²) < 4.78 is 67.1. The lowest BCUT2D eigenvalue weighted by Gasteiger charge is -2.34. The van der Waals surface area contributed by atoms with Gasteiger partial charge in [-0.05, 0) is 48.2 Å². The van der Waals surface area contributed by atoms with Gasteiger partial charge >= 0.3 is 6.18 Å². The monoisotopic (exact) mass is 669 g/mol. The third-order valence-electron chi connectivity index (χ3n) is 7.49. The molecule has 3 aromatic carbocycles. The van der Waals surface area contributed by atoms with E-state index in [0.29, 0.717) is 21.0 Å². The number of benzene rings is 3. The highest BCUT2D eigenvalue weighted by Crippen LogP contribution is 2.36. The lowest BCUT2D eigenvalue weighted by Crippen LogP contribution is -2.54. The number of nitrogens with one attached hydrogen (secondary N) is 1. The predicted molar refractivity (Wildman–Crippen MR) is 165 cm³/mol. The van der Waals surface area contributed by atoms with Gasteiger partial charge < -0.3 is 10.2 Å². The van der Waals surface area contributed by atoms with Gasteiger partial charge in [0.25, 0.3) is 0 Å². The van der Waals surface area contributed by atoms with Gasteiger partial charge in [0.1, 0.15) is 12.6 Å². The van der Waals surface area contributed by atoms with Crippen molar-refractivity contribution in [3.63, 3.8) is 0 Å². The molecule has 1 saturated carbocycles. The summed E-state index contributed by atoms with van der Waals surface area (Å²) in [5, 5.41) is 3.06. The van der Waals surface area contributed by atoms with Gasteiger partial charge in [0.2, 0.25) is 21.8 Å². The fourth-order valence-electron chi connectivity index (χ4n) is 5.21. The van der Waals surface area contributed by atoms with Crippen LogP contribution in [0.25, 0.3) is 0 Å². The van der Waals surface area contributed by atoms with E-state index in [9.17, 15) is 31.2 Å². The van der Waals surface area contributed by atoms with E-state index in [2.05, 4.69) is 5.32 Å². The van der Waals surface area contributed by atoms with Crippen LogP contribution < -0.4 is 9.62 Å². The first kappa shape index (κ1) is 33.6.